The van der Waals surface area contributed by atoms with Crippen LogP contribution in [0.5, 0.6) is 0 Å². The molecule has 2 rings (SSSR count). The molecule has 4 nitrogen and oxygen atoms in total. The summed E-state index contributed by atoms with van der Waals surface area (Å²) in [5.41, 5.74) is 6.95. The van der Waals surface area contributed by atoms with Crippen LogP contribution >= 0.6 is 0 Å². The molecule has 0 amide bonds. The van der Waals surface area contributed by atoms with Crippen LogP contribution in [0.4, 0.5) is 11.6 Å². The van der Waals surface area contributed by atoms with E-state index in [1.54, 1.807) is 0 Å². The topological polar surface area (TPSA) is 63.8 Å². The minimum absolute atomic E-state index is 0.305. The van der Waals surface area contributed by atoms with Crippen molar-refractivity contribution in [2.24, 2.45) is 0 Å². The first-order chi connectivity index (χ1) is 8.58. The van der Waals surface area contributed by atoms with Gasteiger partial charge >= 0.3 is 0 Å². The van der Waals surface area contributed by atoms with Gasteiger partial charge in [-0.2, -0.15) is 0 Å². The second kappa shape index (κ2) is 5.55. The van der Waals surface area contributed by atoms with Crippen LogP contribution in [0.25, 0.3) is 0 Å². The van der Waals surface area contributed by atoms with Gasteiger partial charge in [-0.3, -0.25) is 0 Å². The highest BCUT2D eigenvalue weighted by Crippen LogP contribution is 2.25. The van der Waals surface area contributed by atoms with E-state index in [1.165, 1.54) is 32.1 Å². The first kappa shape index (κ1) is 13.1. The fourth-order valence-corrected chi connectivity index (χ4v) is 2.39. The van der Waals surface area contributed by atoms with E-state index in [1.807, 2.05) is 6.92 Å². The lowest BCUT2D eigenvalue weighted by atomic mass is 9.95. The summed E-state index contributed by atoms with van der Waals surface area (Å²) in [6.45, 7) is 6.17. The molecule has 1 fully saturated rings. The molecule has 0 bridgehead atoms. The van der Waals surface area contributed by atoms with Crippen molar-refractivity contribution in [1.82, 2.24) is 9.97 Å². The van der Waals surface area contributed by atoms with Crippen molar-refractivity contribution in [3.05, 3.63) is 11.4 Å². The molecule has 1 aliphatic carbocycles. The van der Waals surface area contributed by atoms with E-state index < -0.39 is 0 Å². The Hall–Kier alpha value is -1.32. The van der Waals surface area contributed by atoms with Crippen LogP contribution in [0.15, 0.2) is 0 Å². The molecule has 1 aromatic heterocycles. The standard InChI is InChI=1S/C14H24N4/c1-9(2)13-17-12(15)10(3)14(18-13)16-11-7-5-4-6-8-11/h9,11H,4-8H2,1-3H3,(H3,15,16,17,18). The number of nitrogens with two attached hydrogens (primary N) is 1. The molecule has 1 heterocycles. The van der Waals surface area contributed by atoms with E-state index in [0.717, 1.165) is 17.2 Å². The Labute approximate surface area is 109 Å². The SMILES string of the molecule is Cc1c(N)nc(C(C)C)nc1NC1CCCCC1. The number of nitrogens with zero attached hydrogens (tertiary/aromatic N) is 2. The zero-order valence-corrected chi connectivity index (χ0v) is 11.7. The summed E-state index contributed by atoms with van der Waals surface area (Å²) in [6.07, 6.45) is 6.46. The van der Waals surface area contributed by atoms with Gasteiger partial charge in [-0.1, -0.05) is 33.1 Å². The number of hydrogen-bond donors (Lipinski definition) is 2. The van der Waals surface area contributed by atoms with Crippen LogP contribution in [0, 0.1) is 6.92 Å². The summed E-state index contributed by atoms with van der Waals surface area (Å²) in [5, 5.41) is 3.55. The van der Waals surface area contributed by atoms with Crippen LogP contribution < -0.4 is 11.1 Å². The van der Waals surface area contributed by atoms with Crippen LogP contribution in [0.3, 0.4) is 0 Å². The Morgan fingerprint density at radius 2 is 1.83 bits per heavy atom. The van der Waals surface area contributed by atoms with Crippen molar-refractivity contribution in [1.29, 1.82) is 0 Å². The minimum Gasteiger partial charge on any atom is -0.383 e. The Morgan fingerprint density at radius 1 is 1.17 bits per heavy atom. The molecular weight excluding hydrogens is 224 g/mol. The van der Waals surface area contributed by atoms with Gasteiger partial charge in [0.2, 0.25) is 0 Å². The van der Waals surface area contributed by atoms with Crippen molar-refractivity contribution in [2.45, 2.75) is 64.8 Å². The van der Waals surface area contributed by atoms with Gasteiger partial charge in [0.1, 0.15) is 17.5 Å². The lowest BCUT2D eigenvalue weighted by Gasteiger charge is -2.24. The lowest BCUT2D eigenvalue weighted by molar-refractivity contribution is 0.461. The Bertz CT molecular complexity index is 409. The molecule has 0 spiro atoms. The highest BCUT2D eigenvalue weighted by atomic mass is 15.1. The van der Waals surface area contributed by atoms with Crippen LogP contribution in [-0.4, -0.2) is 16.0 Å². The number of nitrogens with one attached hydrogen (secondary N) is 1. The van der Waals surface area contributed by atoms with Crippen molar-refractivity contribution >= 4 is 11.6 Å². The molecule has 0 radical (unpaired) electrons. The van der Waals surface area contributed by atoms with Crippen LogP contribution in [0.1, 0.15) is 63.3 Å². The van der Waals surface area contributed by atoms with E-state index in [9.17, 15) is 0 Å². The molecular formula is C14H24N4. The third-order valence-electron chi connectivity index (χ3n) is 3.66. The lowest BCUT2D eigenvalue weighted by Crippen LogP contribution is -2.24. The molecule has 3 N–H and O–H groups in total. The van der Waals surface area contributed by atoms with Gasteiger partial charge in [0.05, 0.1) is 0 Å². The average molecular weight is 248 g/mol. The highest BCUT2D eigenvalue weighted by Gasteiger charge is 2.17. The maximum absolute atomic E-state index is 5.97. The third-order valence-corrected chi connectivity index (χ3v) is 3.66. The monoisotopic (exact) mass is 248 g/mol. The van der Waals surface area contributed by atoms with Gasteiger partial charge in [0.25, 0.3) is 0 Å². The van der Waals surface area contributed by atoms with Crippen LogP contribution in [-0.2, 0) is 0 Å². The second-order valence-corrected chi connectivity index (χ2v) is 5.57. The van der Waals surface area contributed by atoms with Gasteiger partial charge in [-0.05, 0) is 19.8 Å². The van der Waals surface area contributed by atoms with E-state index in [0.29, 0.717) is 17.8 Å². The van der Waals surface area contributed by atoms with Gasteiger partial charge < -0.3 is 11.1 Å². The molecule has 1 aromatic rings. The number of aromatic nitrogens is 2. The molecule has 1 aliphatic rings. The fourth-order valence-electron chi connectivity index (χ4n) is 2.39. The zero-order valence-electron chi connectivity index (χ0n) is 11.7. The molecule has 18 heavy (non-hydrogen) atoms. The normalized spacial score (nSPS) is 17.1. The van der Waals surface area contributed by atoms with Gasteiger partial charge in [-0.25, -0.2) is 9.97 Å². The summed E-state index contributed by atoms with van der Waals surface area (Å²) in [4.78, 5) is 8.98. The maximum atomic E-state index is 5.97. The minimum atomic E-state index is 0.305. The van der Waals surface area contributed by atoms with E-state index in [4.69, 9.17) is 5.73 Å². The highest BCUT2D eigenvalue weighted by molar-refractivity contribution is 5.55. The first-order valence-electron chi connectivity index (χ1n) is 6.98. The number of anilines is 2. The summed E-state index contributed by atoms with van der Waals surface area (Å²) in [6, 6.07) is 0.548. The Morgan fingerprint density at radius 3 is 2.44 bits per heavy atom. The Balaban J connectivity index is 2.19. The summed E-state index contributed by atoms with van der Waals surface area (Å²) in [5.74, 6) is 2.67. The third kappa shape index (κ3) is 2.92. The molecule has 0 saturated heterocycles. The molecule has 0 aromatic carbocycles. The smallest absolute Gasteiger partial charge is 0.135 e. The quantitative estimate of drug-likeness (QED) is 0.862. The summed E-state index contributed by atoms with van der Waals surface area (Å²) in [7, 11) is 0. The van der Waals surface area contributed by atoms with Crippen LogP contribution in [0.2, 0.25) is 0 Å². The molecule has 0 aliphatic heterocycles. The van der Waals surface area contributed by atoms with Gasteiger partial charge in [-0.15, -0.1) is 0 Å². The molecule has 100 valence electrons. The second-order valence-electron chi connectivity index (χ2n) is 5.57. The molecule has 0 unspecified atom stereocenters. The number of nitrogen functional groups attached to an aromatic ring is 1. The largest absolute Gasteiger partial charge is 0.383 e. The summed E-state index contributed by atoms with van der Waals surface area (Å²) >= 11 is 0. The van der Waals surface area contributed by atoms with Gasteiger partial charge in [0, 0.05) is 17.5 Å². The zero-order chi connectivity index (χ0) is 13.1. The van der Waals surface area contributed by atoms with E-state index in [2.05, 4.69) is 29.1 Å². The van der Waals surface area contributed by atoms with E-state index >= 15 is 0 Å². The average Bonchev–Trinajstić information content (AvgIpc) is 2.35. The number of hydrogen-bond acceptors (Lipinski definition) is 4. The first-order valence-corrected chi connectivity index (χ1v) is 6.98. The van der Waals surface area contributed by atoms with Crippen molar-refractivity contribution in [3.63, 3.8) is 0 Å². The predicted molar refractivity (Wildman–Crippen MR) is 75.8 cm³/mol. The summed E-state index contributed by atoms with van der Waals surface area (Å²) < 4.78 is 0. The molecule has 1 saturated carbocycles. The van der Waals surface area contributed by atoms with Crippen molar-refractivity contribution < 1.29 is 0 Å². The Kier molecular flexibility index (Phi) is 4.04. The van der Waals surface area contributed by atoms with Crippen molar-refractivity contribution in [3.8, 4) is 0 Å². The molecule has 0 atom stereocenters. The molecule has 4 heteroatoms. The van der Waals surface area contributed by atoms with Gasteiger partial charge in [0.15, 0.2) is 0 Å². The maximum Gasteiger partial charge on any atom is 0.135 e. The number of rotatable bonds is 3. The predicted octanol–water partition coefficient (Wildman–Crippen LogP) is 3.24. The fraction of sp³-hybridized carbons (Fsp3) is 0.714. The van der Waals surface area contributed by atoms with Crippen molar-refractivity contribution in [2.75, 3.05) is 11.1 Å². The van der Waals surface area contributed by atoms with E-state index in [-0.39, 0.29) is 0 Å².